The number of nitrogens with zero attached hydrogens (tertiary/aromatic N) is 4. The lowest BCUT2D eigenvalue weighted by Crippen LogP contribution is -2.24. The zero-order valence-corrected chi connectivity index (χ0v) is 21.5. The number of carbonyl (C=O) groups is 1. The molecule has 0 spiro atoms. The standard InChI is InChI=1S/C28H31N5OS/c1-20-10-15-25(21(2)16-20)33-26(17-22-8-6-5-7-9-22)30-31-28(33)35-19-27(34)29-18-23-11-13-24(14-12-23)32(3)4/h5-16H,17-19H2,1-4H3,(H,29,34). The maximum Gasteiger partial charge on any atom is 0.230 e. The molecule has 0 unspecified atom stereocenters. The number of thioether (sulfide) groups is 1. The van der Waals surface area contributed by atoms with Crippen LogP contribution >= 0.6 is 11.8 Å². The molecule has 0 aliphatic rings. The van der Waals surface area contributed by atoms with Crippen LogP contribution in [-0.2, 0) is 17.8 Å². The lowest BCUT2D eigenvalue weighted by molar-refractivity contribution is -0.118. The Balaban J connectivity index is 1.48. The van der Waals surface area contributed by atoms with Crippen LogP contribution in [0.15, 0.2) is 78.0 Å². The monoisotopic (exact) mass is 485 g/mol. The third-order valence-corrected chi connectivity index (χ3v) is 6.70. The van der Waals surface area contributed by atoms with Crippen LogP contribution in [0.4, 0.5) is 5.69 Å². The van der Waals surface area contributed by atoms with Gasteiger partial charge < -0.3 is 10.2 Å². The van der Waals surface area contributed by atoms with Crippen molar-refractivity contribution in [3.8, 4) is 5.69 Å². The molecule has 0 saturated heterocycles. The highest BCUT2D eigenvalue weighted by Gasteiger charge is 2.18. The van der Waals surface area contributed by atoms with Crippen LogP contribution in [0.3, 0.4) is 0 Å². The fourth-order valence-electron chi connectivity index (χ4n) is 3.88. The van der Waals surface area contributed by atoms with Crippen molar-refractivity contribution in [3.05, 3.63) is 101 Å². The largest absolute Gasteiger partial charge is 0.378 e. The van der Waals surface area contributed by atoms with Crippen LogP contribution in [0.25, 0.3) is 5.69 Å². The Morgan fingerprint density at radius 1 is 0.943 bits per heavy atom. The van der Waals surface area contributed by atoms with Gasteiger partial charge in [-0.3, -0.25) is 9.36 Å². The Kier molecular flexibility index (Phi) is 7.87. The van der Waals surface area contributed by atoms with Gasteiger partial charge in [-0.2, -0.15) is 0 Å². The van der Waals surface area contributed by atoms with Crippen molar-refractivity contribution < 1.29 is 4.79 Å². The van der Waals surface area contributed by atoms with Crippen LogP contribution in [0.2, 0.25) is 0 Å². The zero-order chi connectivity index (χ0) is 24.8. The molecule has 35 heavy (non-hydrogen) atoms. The quantitative estimate of drug-likeness (QED) is 0.340. The minimum Gasteiger partial charge on any atom is -0.378 e. The topological polar surface area (TPSA) is 63.1 Å². The maximum absolute atomic E-state index is 12.6. The summed E-state index contributed by atoms with van der Waals surface area (Å²) in [7, 11) is 4.02. The van der Waals surface area contributed by atoms with Crippen molar-refractivity contribution in [1.29, 1.82) is 0 Å². The first-order chi connectivity index (χ1) is 16.9. The van der Waals surface area contributed by atoms with Crippen molar-refractivity contribution >= 4 is 23.4 Å². The lowest BCUT2D eigenvalue weighted by atomic mass is 10.1. The summed E-state index contributed by atoms with van der Waals surface area (Å²) in [5.41, 5.74) is 6.75. The average molecular weight is 486 g/mol. The molecule has 1 amide bonds. The number of anilines is 1. The van der Waals surface area contributed by atoms with E-state index in [1.165, 1.54) is 22.9 Å². The van der Waals surface area contributed by atoms with E-state index in [4.69, 9.17) is 0 Å². The summed E-state index contributed by atoms with van der Waals surface area (Å²) in [6, 6.07) is 24.8. The van der Waals surface area contributed by atoms with Gasteiger partial charge in [-0.25, -0.2) is 0 Å². The fraction of sp³-hybridized carbons (Fsp3) is 0.250. The fourth-order valence-corrected chi connectivity index (χ4v) is 4.67. The van der Waals surface area contributed by atoms with Crippen LogP contribution in [0.5, 0.6) is 0 Å². The van der Waals surface area contributed by atoms with Crippen LogP contribution in [-0.4, -0.2) is 40.5 Å². The number of rotatable bonds is 9. The SMILES string of the molecule is Cc1ccc(-n2c(Cc3ccccc3)nnc2SCC(=O)NCc2ccc(N(C)C)cc2)c(C)c1. The summed E-state index contributed by atoms with van der Waals surface area (Å²) >= 11 is 1.41. The van der Waals surface area contributed by atoms with E-state index in [0.29, 0.717) is 18.1 Å². The van der Waals surface area contributed by atoms with E-state index in [0.717, 1.165) is 28.3 Å². The molecular formula is C28H31N5OS. The molecule has 180 valence electrons. The van der Waals surface area contributed by atoms with Crippen LogP contribution < -0.4 is 10.2 Å². The first kappa shape index (κ1) is 24.5. The number of amides is 1. The summed E-state index contributed by atoms with van der Waals surface area (Å²) in [5.74, 6) is 1.09. The van der Waals surface area contributed by atoms with Gasteiger partial charge in [-0.15, -0.1) is 10.2 Å². The highest BCUT2D eigenvalue weighted by Crippen LogP contribution is 2.26. The summed E-state index contributed by atoms with van der Waals surface area (Å²) in [4.78, 5) is 14.7. The molecular weight excluding hydrogens is 454 g/mol. The highest BCUT2D eigenvalue weighted by molar-refractivity contribution is 7.99. The molecule has 4 rings (SSSR count). The summed E-state index contributed by atoms with van der Waals surface area (Å²) < 4.78 is 2.08. The van der Waals surface area contributed by atoms with Gasteiger partial charge >= 0.3 is 0 Å². The molecule has 0 fully saturated rings. The zero-order valence-electron chi connectivity index (χ0n) is 20.7. The van der Waals surface area contributed by atoms with Gasteiger partial charge in [0.2, 0.25) is 5.91 Å². The molecule has 0 saturated carbocycles. The second kappa shape index (κ2) is 11.2. The Morgan fingerprint density at radius 2 is 1.69 bits per heavy atom. The van der Waals surface area contributed by atoms with Gasteiger partial charge in [0.15, 0.2) is 5.16 Å². The van der Waals surface area contributed by atoms with E-state index in [-0.39, 0.29) is 11.7 Å². The van der Waals surface area contributed by atoms with Crippen molar-refractivity contribution in [3.63, 3.8) is 0 Å². The first-order valence-electron chi connectivity index (χ1n) is 11.6. The summed E-state index contributed by atoms with van der Waals surface area (Å²) in [6.45, 7) is 4.68. The molecule has 6 nitrogen and oxygen atoms in total. The molecule has 0 aliphatic carbocycles. The van der Waals surface area contributed by atoms with Crippen molar-refractivity contribution in [2.24, 2.45) is 0 Å². The molecule has 1 aromatic heterocycles. The molecule has 1 N–H and O–H groups in total. The van der Waals surface area contributed by atoms with Gasteiger partial charge in [0.1, 0.15) is 5.82 Å². The van der Waals surface area contributed by atoms with Gasteiger partial charge in [-0.1, -0.05) is 71.9 Å². The lowest BCUT2D eigenvalue weighted by Gasteiger charge is -2.14. The number of hydrogen-bond donors (Lipinski definition) is 1. The number of nitrogens with one attached hydrogen (secondary N) is 1. The summed E-state index contributed by atoms with van der Waals surface area (Å²) in [5, 5.41) is 12.7. The molecule has 0 radical (unpaired) electrons. The second-order valence-electron chi connectivity index (χ2n) is 8.81. The Hall–Kier alpha value is -3.58. The number of aromatic nitrogens is 3. The number of carbonyl (C=O) groups excluding carboxylic acids is 1. The van der Waals surface area contributed by atoms with Gasteiger partial charge in [-0.05, 0) is 48.7 Å². The number of aryl methyl sites for hydroxylation is 2. The number of hydrogen-bond acceptors (Lipinski definition) is 5. The average Bonchev–Trinajstić information content (AvgIpc) is 3.24. The predicted octanol–water partition coefficient (Wildman–Crippen LogP) is 4.95. The van der Waals surface area contributed by atoms with E-state index >= 15 is 0 Å². The molecule has 1 heterocycles. The van der Waals surface area contributed by atoms with Gasteiger partial charge in [0, 0.05) is 32.7 Å². The van der Waals surface area contributed by atoms with E-state index in [1.807, 2.05) is 44.4 Å². The predicted molar refractivity (Wildman–Crippen MR) is 143 cm³/mol. The van der Waals surface area contributed by atoms with E-state index < -0.39 is 0 Å². The normalized spacial score (nSPS) is 10.9. The van der Waals surface area contributed by atoms with Gasteiger partial charge in [0.25, 0.3) is 0 Å². The van der Waals surface area contributed by atoms with E-state index in [9.17, 15) is 4.79 Å². The smallest absolute Gasteiger partial charge is 0.230 e. The van der Waals surface area contributed by atoms with E-state index in [1.54, 1.807) is 0 Å². The number of benzene rings is 3. The Labute approximate surface area is 211 Å². The highest BCUT2D eigenvalue weighted by atomic mass is 32.2. The van der Waals surface area contributed by atoms with E-state index in [2.05, 4.69) is 81.3 Å². The molecule has 0 aliphatic heterocycles. The molecule has 0 atom stereocenters. The van der Waals surface area contributed by atoms with Crippen molar-refractivity contribution in [1.82, 2.24) is 20.1 Å². The summed E-state index contributed by atoms with van der Waals surface area (Å²) in [6.07, 6.45) is 0.664. The minimum absolute atomic E-state index is 0.0357. The second-order valence-corrected chi connectivity index (χ2v) is 9.76. The third kappa shape index (κ3) is 6.31. The Morgan fingerprint density at radius 3 is 2.37 bits per heavy atom. The Bertz CT molecular complexity index is 1280. The molecule has 0 bridgehead atoms. The van der Waals surface area contributed by atoms with Crippen LogP contribution in [0.1, 0.15) is 28.1 Å². The first-order valence-corrected chi connectivity index (χ1v) is 12.6. The molecule has 4 aromatic rings. The van der Waals surface area contributed by atoms with Gasteiger partial charge in [0.05, 0.1) is 11.4 Å². The van der Waals surface area contributed by atoms with Crippen LogP contribution in [0, 0.1) is 13.8 Å². The van der Waals surface area contributed by atoms with Crippen molar-refractivity contribution in [2.75, 3.05) is 24.7 Å². The van der Waals surface area contributed by atoms with Crippen molar-refractivity contribution in [2.45, 2.75) is 32.0 Å². The molecule has 7 heteroatoms. The minimum atomic E-state index is -0.0357. The maximum atomic E-state index is 12.6. The molecule has 3 aromatic carbocycles. The third-order valence-electron chi connectivity index (χ3n) is 5.77.